The molecule has 1 heterocycles. The number of rotatable bonds is 2. The van der Waals surface area contributed by atoms with Gasteiger partial charge in [0, 0.05) is 5.56 Å². The van der Waals surface area contributed by atoms with Crippen LogP contribution in [0.25, 0.3) is 0 Å². The molecule has 0 unspecified atom stereocenters. The molecular formula is C8H8BrF2NO. The molecule has 0 aliphatic heterocycles. The lowest BCUT2D eigenvalue weighted by atomic mass is 10.1. The van der Waals surface area contributed by atoms with E-state index in [1.807, 2.05) is 0 Å². The molecule has 1 aromatic heterocycles. The third-order valence-electron chi connectivity index (χ3n) is 1.65. The summed E-state index contributed by atoms with van der Waals surface area (Å²) in [5.41, 5.74) is 0.447. The molecule has 0 aliphatic carbocycles. The van der Waals surface area contributed by atoms with Crippen LogP contribution in [0, 0.1) is 6.92 Å². The zero-order valence-electron chi connectivity index (χ0n) is 6.89. The average molecular weight is 252 g/mol. The summed E-state index contributed by atoms with van der Waals surface area (Å²) in [5.74, 6) is 0. The average Bonchev–Trinajstić information content (AvgIpc) is 2.08. The summed E-state index contributed by atoms with van der Waals surface area (Å²) in [6.07, 6.45) is -2.60. The van der Waals surface area contributed by atoms with Gasteiger partial charge in [-0.1, -0.05) is 0 Å². The van der Waals surface area contributed by atoms with Crippen molar-refractivity contribution in [2.75, 3.05) is 0 Å². The van der Waals surface area contributed by atoms with Crippen LogP contribution in [0.5, 0.6) is 0 Å². The second-order valence-corrected chi connectivity index (χ2v) is 3.34. The van der Waals surface area contributed by atoms with E-state index < -0.39 is 13.0 Å². The maximum atomic E-state index is 12.4. The minimum atomic E-state index is -2.60. The van der Waals surface area contributed by atoms with Gasteiger partial charge in [0.2, 0.25) is 0 Å². The Bertz CT molecular complexity index is 317. The Morgan fingerprint density at radius 2 is 2.23 bits per heavy atom. The quantitative estimate of drug-likeness (QED) is 0.820. The van der Waals surface area contributed by atoms with Gasteiger partial charge in [-0.25, -0.2) is 13.8 Å². The fraction of sp³-hybridized carbons (Fsp3) is 0.375. The van der Waals surface area contributed by atoms with Gasteiger partial charge in [-0.2, -0.15) is 0 Å². The van der Waals surface area contributed by atoms with Crippen molar-refractivity contribution in [2.45, 2.75) is 20.0 Å². The lowest BCUT2D eigenvalue weighted by molar-refractivity contribution is 0.146. The molecule has 0 bridgehead atoms. The summed E-state index contributed by atoms with van der Waals surface area (Å²) in [5, 5.41) is 8.77. The first-order valence-corrected chi connectivity index (χ1v) is 4.40. The van der Waals surface area contributed by atoms with E-state index in [4.69, 9.17) is 5.11 Å². The highest BCUT2D eigenvalue weighted by Gasteiger charge is 2.15. The predicted molar refractivity (Wildman–Crippen MR) is 47.6 cm³/mol. The first kappa shape index (κ1) is 10.5. The maximum absolute atomic E-state index is 12.4. The number of hydrogen-bond acceptors (Lipinski definition) is 2. The highest BCUT2D eigenvalue weighted by molar-refractivity contribution is 9.10. The number of halogens is 3. The van der Waals surface area contributed by atoms with Gasteiger partial charge in [0.15, 0.2) is 0 Å². The molecule has 0 fully saturated rings. The molecule has 1 rings (SSSR count). The first-order chi connectivity index (χ1) is 6.06. The van der Waals surface area contributed by atoms with E-state index >= 15 is 0 Å². The van der Waals surface area contributed by atoms with Gasteiger partial charge < -0.3 is 5.11 Å². The Kier molecular flexibility index (Phi) is 3.33. The molecule has 1 N–H and O–H groups in total. The Hall–Kier alpha value is -0.550. The zero-order valence-corrected chi connectivity index (χ0v) is 8.48. The van der Waals surface area contributed by atoms with Crippen LogP contribution in [-0.4, -0.2) is 10.1 Å². The number of aliphatic hydroxyl groups is 1. The van der Waals surface area contributed by atoms with Crippen molar-refractivity contribution in [2.24, 2.45) is 0 Å². The minimum Gasteiger partial charge on any atom is -0.390 e. The third-order valence-corrected chi connectivity index (χ3v) is 2.45. The summed E-state index contributed by atoms with van der Waals surface area (Å²) in [7, 11) is 0. The fourth-order valence-corrected chi connectivity index (χ4v) is 1.29. The largest absolute Gasteiger partial charge is 0.390 e. The maximum Gasteiger partial charge on any atom is 0.265 e. The zero-order chi connectivity index (χ0) is 10.0. The van der Waals surface area contributed by atoms with E-state index in [0.29, 0.717) is 10.2 Å². The number of aromatic nitrogens is 1. The van der Waals surface area contributed by atoms with Gasteiger partial charge in [-0.15, -0.1) is 0 Å². The summed E-state index contributed by atoms with van der Waals surface area (Å²) < 4.78 is 25.2. The predicted octanol–water partition coefficient (Wildman–Crippen LogP) is 2.58. The summed E-state index contributed by atoms with van der Waals surface area (Å²) in [6, 6.07) is 1.33. The molecule has 0 amide bonds. The van der Waals surface area contributed by atoms with Gasteiger partial charge in [0.25, 0.3) is 6.43 Å². The van der Waals surface area contributed by atoms with Gasteiger partial charge in [-0.3, -0.25) is 0 Å². The van der Waals surface area contributed by atoms with Crippen molar-refractivity contribution in [3.63, 3.8) is 0 Å². The van der Waals surface area contributed by atoms with E-state index in [0.717, 1.165) is 0 Å². The van der Waals surface area contributed by atoms with Gasteiger partial charge in [0.1, 0.15) is 4.60 Å². The van der Waals surface area contributed by atoms with Crippen molar-refractivity contribution in [3.8, 4) is 0 Å². The molecule has 0 atom stereocenters. The van der Waals surface area contributed by atoms with E-state index in [-0.39, 0.29) is 11.3 Å². The number of alkyl halides is 2. The Morgan fingerprint density at radius 3 is 2.69 bits per heavy atom. The third kappa shape index (κ3) is 2.22. The second-order valence-electron chi connectivity index (χ2n) is 2.59. The molecule has 5 heteroatoms. The number of hydrogen-bond donors (Lipinski definition) is 1. The van der Waals surface area contributed by atoms with Gasteiger partial charge >= 0.3 is 0 Å². The molecule has 0 radical (unpaired) electrons. The number of nitrogens with zero attached hydrogens (tertiary/aromatic N) is 1. The Morgan fingerprint density at radius 1 is 1.62 bits per heavy atom. The highest BCUT2D eigenvalue weighted by Crippen LogP contribution is 2.25. The van der Waals surface area contributed by atoms with Crippen molar-refractivity contribution in [3.05, 3.63) is 27.5 Å². The number of aliphatic hydroxyl groups excluding tert-OH is 1. The van der Waals surface area contributed by atoms with Crippen LogP contribution in [0.1, 0.15) is 23.2 Å². The van der Waals surface area contributed by atoms with E-state index in [1.165, 1.54) is 6.07 Å². The van der Waals surface area contributed by atoms with Gasteiger partial charge in [-0.05, 0) is 34.5 Å². The summed E-state index contributed by atoms with van der Waals surface area (Å²) >= 11 is 3.10. The van der Waals surface area contributed by atoms with E-state index in [9.17, 15) is 8.78 Å². The second kappa shape index (κ2) is 4.11. The van der Waals surface area contributed by atoms with Crippen LogP contribution in [0.4, 0.5) is 8.78 Å². The minimum absolute atomic E-state index is 0.0208. The van der Waals surface area contributed by atoms with Crippen molar-refractivity contribution in [1.82, 2.24) is 4.98 Å². The molecule has 72 valence electrons. The first-order valence-electron chi connectivity index (χ1n) is 3.61. The van der Waals surface area contributed by atoms with E-state index in [1.54, 1.807) is 6.92 Å². The smallest absolute Gasteiger partial charge is 0.265 e. The summed E-state index contributed by atoms with van der Waals surface area (Å²) in [6.45, 7) is 1.20. The molecular weight excluding hydrogens is 244 g/mol. The molecule has 0 spiro atoms. The molecule has 0 aromatic carbocycles. The topological polar surface area (TPSA) is 33.1 Å². The lowest BCUT2D eigenvalue weighted by Gasteiger charge is -2.07. The lowest BCUT2D eigenvalue weighted by Crippen LogP contribution is -2.00. The molecule has 0 saturated carbocycles. The van der Waals surface area contributed by atoms with Crippen LogP contribution in [0.2, 0.25) is 0 Å². The number of pyridine rings is 1. The normalized spacial score (nSPS) is 10.9. The Labute approximate surface area is 82.7 Å². The fourth-order valence-electron chi connectivity index (χ4n) is 0.963. The Balaban J connectivity index is 3.25. The van der Waals surface area contributed by atoms with Crippen LogP contribution < -0.4 is 0 Å². The molecule has 0 aliphatic rings. The SMILES string of the molecule is Cc1cc(C(F)F)c(CO)nc1Br. The van der Waals surface area contributed by atoms with Crippen molar-refractivity contribution in [1.29, 1.82) is 0 Å². The standard InChI is InChI=1S/C8H8BrF2NO/c1-4-2-5(8(10)11)6(3-13)12-7(4)9/h2,8,13H,3H2,1H3. The van der Waals surface area contributed by atoms with Crippen LogP contribution >= 0.6 is 15.9 Å². The van der Waals surface area contributed by atoms with E-state index in [2.05, 4.69) is 20.9 Å². The van der Waals surface area contributed by atoms with Crippen LogP contribution in [0.15, 0.2) is 10.7 Å². The van der Waals surface area contributed by atoms with Gasteiger partial charge in [0.05, 0.1) is 12.3 Å². The van der Waals surface area contributed by atoms with Crippen LogP contribution in [0.3, 0.4) is 0 Å². The molecule has 2 nitrogen and oxygen atoms in total. The monoisotopic (exact) mass is 251 g/mol. The molecule has 13 heavy (non-hydrogen) atoms. The van der Waals surface area contributed by atoms with Crippen LogP contribution in [-0.2, 0) is 6.61 Å². The summed E-state index contributed by atoms with van der Waals surface area (Å²) in [4.78, 5) is 3.80. The highest BCUT2D eigenvalue weighted by atomic mass is 79.9. The molecule has 1 aromatic rings. The van der Waals surface area contributed by atoms with Crippen molar-refractivity contribution >= 4 is 15.9 Å². The molecule has 0 saturated heterocycles. The van der Waals surface area contributed by atoms with Crippen molar-refractivity contribution < 1.29 is 13.9 Å². The number of aryl methyl sites for hydroxylation is 1.